The minimum absolute atomic E-state index is 0.230. The molecule has 1 aliphatic heterocycles. The van der Waals surface area contributed by atoms with Crippen LogP contribution >= 0.6 is 0 Å². The van der Waals surface area contributed by atoms with Crippen LogP contribution < -0.4 is 9.80 Å². The first-order chi connectivity index (χ1) is 9.75. The highest BCUT2D eigenvalue weighted by atomic mass is 16.7. The van der Waals surface area contributed by atoms with Gasteiger partial charge in [0, 0.05) is 0 Å². The zero-order chi connectivity index (χ0) is 13.9. The third-order valence-electron chi connectivity index (χ3n) is 2.94. The van der Waals surface area contributed by atoms with Crippen molar-refractivity contribution in [3.8, 4) is 5.75 Å². The number of aliphatic hydroxyl groups is 1. The maximum atomic E-state index is 11.9. The third kappa shape index (κ3) is 2.36. The van der Waals surface area contributed by atoms with Gasteiger partial charge in [0.2, 0.25) is 0 Å². The van der Waals surface area contributed by atoms with E-state index in [9.17, 15) is 9.90 Å². The number of anilines is 1. The van der Waals surface area contributed by atoms with Gasteiger partial charge in [-0.1, -0.05) is 42.5 Å². The molecule has 1 N–H and O–H groups in total. The van der Waals surface area contributed by atoms with Gasteiger partial charge in [-0.2, -0.15) is 5.06 Å². The molecular formula is C15H13NO4. The SMILES string of the molecule is O=C1C(O)Oc2ccccc2N1OCc1ccccc1. The van der Waals surface area contributed by atoms with Gasteiger partial charge in [-0.3, -0.25) is 9.63 Å². The molecule has 20 heavy (non-hydrogen) atoms. The number of rotatable bonds is 3. The summed E-state index contributed by atoms with van der Waals surface area (Å²) in [6.45, 7) is 0.230. The molecule has 1 amide bonds. The molecule has 102 valence electrons. The summed E-state index contributed by atoms with van der Waals surface area (Å²) in [6, 6.07) is 16.4. The van der Waals surface area contributed by atoms with Crippen molar-refractivity contribution in [1.29, 1.82) is 0 Å². The number of nitrogens with zero attached hydrogens (tertiary/aromatic N) is 1. The van der Waals surface area contributed by atoms with Crippen molar-refractivity contribution in [1.82, 2.24) is 0 Å². The molecule has 3 rings (SSSR count). The van der Waals surface area contributed by atoms with Crippen LogP contribution in [0.15, 0.2) is 54.6 Å². The average molecular weight is 271 g/mol. The maximum Gasteiger partial charge on any atom is 0.320 e. The quantitative estimate of drug-likeness (QED) is 0.925. The van der Waals surface area contributed by atoms with Crippen molar-refractivity contribution >= 4 is 11.6 Å². The molecule has 1 aliphatic rings. The molecule has 1 atom stereocenters. The first-order valence-corrected chi connectivity index (χ1v) is 6.20. The Hall–Kier alpha value is -2.37. The smallest absolute Gasteiger partial charge is 0.320 e. The lowest BCUT2D eigenvalue weighted by atomic mass is 10.2. The van der Waals surface area contributed by atoms with Gasteiger partial charge >= 0.3 is 5.91 Å². The van der Waals surface area contributed by atoms with Gasteiger partial charge in [0.05, 0.1) is 0 Å². The predicted octanol–water partition coefficient (Wildman–Crippen LogP) is 1.86. The summed E-state index contributed by atoms with van der Waals surface area (Å²) in [5, 5.41) is 10.7. The predicted molar refractivity (Wildman–Crippen MR) is 71.8 cm³/mol. The molecule has 0 fully saturated rings. The Balaban J connectivity index is 1.82. The minimum Gasteiger partial charge on any atom is -0.453 e. The largest absolute Gasteiger partial charge is 0.453 e. The Labute approximate surface area is 115 Å². The highest BCUT2D eigenvalue weighted by Crippen LogP contribution is 2.33. The number of aliphatic hydroxyl groups excluding tert-OH is 1. The first kappa shape index (κ1) is 12.7. The highest BCUT2D eigenvalue weighted by Gasteiger charge is 2.34. The van der Waals surface area contributed by atoms with Crippen LogP contribution in [0.1, 0.15) is 5.56 Å². The second-order valence-corrected chi connectivity index (χ2v) is 4.33. The lowest BCUT2D eigenvalue weighted by Crippen LogP contribution is -2.45. The summed E-state index contributed by atoms with van der Waals surface area (Å²) in [6.07, 6.45) is -1.54. The Kier molecular flexibility index (Phi) is 3.37. The van der Waals surface area contributed by atoms with Crippen molar-refractivity contribution in [3.63, 3.8) is 0 Å². The van der Waals surface area contributed by atoms with E-state index in [1.165, 1.54) is 0 Å². The molecule has 5 nitrogen and oxygen atoms in total. The standard InChI is InChI=1S/C15H13NO4/c17-14-15(18)20-13-9-5-4-8-12(13)16(14)19-10-11-6-2-1-3-7-11/h1-9,15,18H,10H2. The summed E-state index contributed by atoms with van der Waals surface area (Å²) in [5.74, 6) is -0.229. The molecule has 1 heterocycles. The van der Waals surface area contributed by atoms with Gasteiger partial charge in [0.15, 0.2) is 0 Å². The number of ether oxygens (including phenoxy) is 1. The van der Waals surface area contributed by atoms with Crippen LogP contribution in [0.25, 0.3) is 0 Å². The second-order valence-electron chi connectivity index (χ2n) is 4.33. The highest BCUT2D eigenvalue weighted by molar-refractivity contribution is 5.97. The summed E-state index contributed by atoms with van der Waals surface area (Å²) in [4.78, 5) is 17.5. The lowest BCUT2D eigenvalue weighted by molar-refractivity contribution is -0.152. The number of fused-ring (bicyclic) bond motifs is 1. The van der Waals surface area contributed by atoms with E-state index < -0.39 is 12.2 Å². The fraction of sp³-hybridized carbons (Fsp3) is 0.133. The maximum absolute atomic E-state index is 11.9. The van der Waals surface area contributed by atoms with Gasteiger partial charge < -0.3 is 9.84 Å². The van der Waals surface area contributed by atoms with Crippen LogP contribution in [-0.2, 0) is 16.2 Å². The zero-order valence-corrected chi connectivity index (χ0v) is 10.6. The molecular weight excluding hydrogens is 258 g/mol. The van der Waals surface area contributed by atoms with Crippen molar-refractivity contribution in [2.45, 2.75) is 12.9 Å². The number of hydrogen-bond donors (Lipinski definition) is 1. The fourth-order valence-electron chi connectivity index (χ4n) is 1.96. The molecule has 5 heteroatoms. The fourth-order valence-corrected chi connectivity index (χ4v) is 1.96. The summed E-state index contributed by atoms with van der Waals surface area (Å²) >= 11 is 0. The summed E-state index contributed by atoms with van der Waals surface area (Å²) < 4.78 is 5.11. The number of hydroxylamine groups is 1. The number of hydrogen-bond acceptors (Lipinski definition) is 4. The Morgan fingerprint density at radius 3 is 2.60 bits per heavy atom. The van der Waals surface area contributed by atoms with E-state index >= 15 is 0 Å². The molecule has 0 saturated carbocycles. The zero-order valence-electron chi connectivity index (χ0n) is 10.6. The molecule has 0 bridgehead atoms. The van der Waals surface area contributed by atoms with Crippen molar-refractivity contribution < 1.29 is 19.5 Å². The van der Waals surface area contributed by atoms with Crippen LogP contribution in [0.4, 0.5) is 5.69 Å². The Bertz CT molecular complexity index is 614. The van der Waals surface area contributed by atoms with E-state index in [0.717, 1.165) is 10.6 Å². The topological polar surface area (TPSA) is 59.0 Å². The van der Waals surface area contributed by atoms with Crippen LogP contribution in [0.2, 0.25) is 0 Å². The van der Waals surface area contributed by atoms with E-state index in [1.807, 2.05) is 30.3 Å². The van der Waals surface area contributed by atoms with Crippen LogP contribution in [0.5, 0.6) is 5.75 Å². The van der Waals surface area contributed by atoms with Crippen molar-refractivity contribution in [2.24, 2.45) is 0 Å². The first-order valence-electron chi connectivity index (χ1n) is 6.20. The molecule has 1 unspecified atom stereocenters. The number of benzene rings is 2. The van der Waals surface area contributed by atoms with E-state index in [4.69, 9.17) is 9.57 Å². The molecule has 0 aromatic heterocycles. The van der Waals surface area contributed by atoms with Gasteiger partial charge in [-0.05, 0) is 17.7 Å². The minimum atomic E-state index is -1.54. The van der Waals surface area contributed by atoms with E-state index in [2.05, 4.69) is 0 Å². The van der Waals surface area contributed by atoms with Gasteiger partial charge in [-0.25, -0.2) is 0 Å². The molecule has 2 aromatic rings. The molecule has 2 aromatic carbocycles. The lowest BCUT2D eigenvalue weighted by Gasteiger charge is -2.30. The number of carbonyl (C=O) groups excluding carboxylic acids is 1. The van der Waals surface area contributed by atoms with Gasteiger partial charge in [0.1, 0.15) is 18.0 Å². The summed E-state index contributed by atoms with van der Waals surface area (Å²) in [5.41, 5.74) is 1.41. The third-order valence-corrected chi connectivity index (χ3v) is 2.94. The Morgan fingerprint density at radius 2 is 1.80 bits per heavy atom. The van der Waals surface area contributed by atoms with Crippen LogP contribution in [-0.4, -0.2) is 17.3 Å². The second kappa shape index (κ2) is 5.32. The molecule has 0 radical (unpaired) electrons. The monoisotopic (exact) mass is 271 g/mol. The number of amides is 1. The van der Waals surface area contributed by atoms with Crippen LogP contribution in [0.3, 0.4) is 0 Å². The van der Waals surface area contributed by atoms with Gasteiger partial charge in [-0.15, -0.1) is 0 Å². The molecule has 0 saturated heterocycles. The average Bonchev–Trinajstić information content (AvgIpc) is 2.49. The normalized spacial score (nSPS) is 17.6. The van der Waals surface area contributed by atoms with E-state index in [1.54, 1.807) is 24.3 Å². The van der Waals surface area contributed by atoms with Gasteiger partial charge in [0.25, 0.3) is 6.29 Å². The van der Waals surface area contributed by atoms with E-state index in [0.29, 0.717) is 11.4 Å². The van der Waals surface area contributed by atoms with Crippen molar-refractivity contribution in [3.05, 3.63) is 60.2 Å². The van der Waals surface area contributed by atoms with Crippen LogP contribution in [0, 0.1) is 0 Å². The van der Waals surface area contributed by atoms with E-state index in [-0.39, 0.29) is 6.61 Å². The Morgan fingerprint density at radius 1 is 1.10 bits per heavy atom. The molecule has 0 spiro atoms. The summed E-state index contributed by atoms with van der Waals surface area (Å²) in [7, 11) is 0. The van der Waals surface area contributed by atoms with Crippen molar-refractivity contribution in [2.75, 3.05) is 5.06 Å². The molecule has 0 aliphatic carbocycles. The number of para-hydroxylation sites is 2. The number of carbonyl (C=O) groups is 1.